The van der Waals surface area contributed by atoms with Crippen molar-refractivity contribution in [3.8, 4) is 11.8 Å². The molecule has 0 aliphatic heterocycles. The van der Waals surface area contributed by atoms with Crippen LogP contribution in [0.2, 0.25) is 0 Å². The lowest BCUT2D eigenvalue weighted by molar-refractivity contribution is 0.112. The zero-order valence-corrected chi connectivity index (χ0v) is 19.5. The van der Waals surface area contributed by atoms with Crippen LogP contribution in [0.25, 0.3) is 16.5 Å². The number of unbranched alkanes of at least 4 members (excludes halogenated alkanes) is 1. The minimum atomic E-state index is 0.343. The van der Waals surface area contributed by atoms with E-state index in [1.807, 2.05) is 50.2 Å². The highest BCUT2D eigenvalue weighted by Gasteiger charge is 2.18. The third-order valence-electron chi connectivity index (χ3n) is 5.02. The molecule has 0 saturated heterocycles. The lowest BCUT2D eigenvalue weighted by Crippen LogP contribution is -1.94. The molecular formula is C28H33NO3. The molecule has 2 aromatic carbocycles. The maximum Gasteiger partial charge on any atom is 0.150 e. The van der Waals surface area contributed by atoms with E-state index in [2.05, 4.69) is 25.3 Å². The number of carbonyl (C=O) groups is 1. The summed E-state index contributed by atoms with van der Waals surface area (Å²) in [6.07, 6.45) is 4.20. The second-order valence-electron chi connectivity index (χ2n) is 7.72. The molecule has 2 N–H and O–H groups in total. The number of hydrogen-bond acceptors (Lipinski definition) is 4. The summed E-state index contributed by atoms with van der Waals surface area (Å²) in [4.78, 5) is 11.2. The van der Waals surface area contributed by atoms with Gasteiger partial charge in [0.2, 0.25) is 0 Å². The van der Waals surface area contributed by atoms with Crippen LogP contribution in [0.3, 0.4) is 0 Å². The number of benzene rings is 2. The number of hydrogen-bond donors (Lipinski definition) is 1. The Morgan fingerprint density at radius 3 is 2.47 bits per heavy atom. The van der Waals surface area contributed by atoms with Crippen LogP contribution in [0.5, 0.6) is 0 Å². The van der Waals surface area contributed by atoms with Crippen molar-refractivity contribution in [3.63, 3.8) is 0 Å². The van der Waals surface area contributed by atoms with Crippen molar-refractivity contribution >= 4 is 22.8 Å². The zero-order chi connectivity index (χ0) is 23.5. The van der Waals surface area contributed by atoms with Gasteiger partial charge in [-0.3, -0.25) is 4.79 Å². The molecular weight excluding hydrogens is 398 g/mol. The third kappa shape index (κ3) is 6.68. The van der Waals surface area contributed by atoms with Gasteiger partial charge in [0, 0.05) is 35.6 Å². The number of fused-ring (bicyclic) bond motifs is 1. The van der Waals surface area contributed by atoms with Gasteiger partial charge in [0.15, 0.2) is 0 Å². The third-order valence-corrected chi connectivity index (χ3v) is 5.02. The van der Waals surface area contributed by atoms with Gasteiger partial charge in [-0.1, -0.05) is 43.9 Å². The molecule has 3 aromatic rings. The van der Waals surface area contributed by atoms with Gasteiger partial charge in [-0.05, 0) is 61.7 Å². The Morgan fingerprint density at radius 1 is 1.22 bits per heavy atom. The van der Waals surface area contributed by atoms with E-state index in [1.54, 1.807) is 13.2 Å². The van der Waals surface area contributed by atoms with E-state index >= 15 is 0 Å². The average Bonchev–Trinajstić information content (AvgIpc) is 3.18. The van der Waals surface area contributed by atoms with Crippen LogP contribution in [0.1, 0.15) is 66.4 Å². The summed E-state index contributed by atoms with van der Waals surface area (Å²) < 4.78 is 10.9. The molecule has 0 bridgehead atoms. The van der Waals surface area contributed by atoms with Crippen molar-refractivity contribution < 1.29 is 13.9 Å². The highest BCUT2D eigenvalue weighted by Crippen LogP contribution is 2.35. The molecule has 0 aliphatic rings. The minimum Gasteiger partial charge on any atom is -0.460 e. The van der Waals surface area contributed by atoms with E-state index in [1.165, 1.54) is 0 Å². The number of rotatable bonds is 7. The Kier molecular flexibility index (Phi) is 9.94. The van der Waals surface area contributed by atoms with E-state index in [0.717, 1.165) is 64.5 Å². The van der Waals surface area contributed by atoms with Gasteiger partial charge in [-0.2, -0.15) is 0 Å². The normalized spacial score (nSPS) is 10.3. The molecule has 0 atom stereocenters. The zero-order valence-electron chi connectivity index (χ0n) is 19.5. The molecule has 0 unspecified atom stereocenters. The van der Waals surface area contributed by atoms with Crippen molar-refractivity contribution in [3.05, 3.63) is 77.1 Å². The van der Waals surface area contributed by atoms with Gasteiger partial charge in [0.25, 0.3) is 0 Å². The first-order valence-electron chi connectivity index (χ1n) is 11.0. The van der Waals surface area contributed by atoms with Crippen LogP contribution >= 0.6 is 0 Å². The van der Waals surface area contributed by atoms with Gasteiger partial charge in [-0.25, -0.2) is 0 Å². The minimum absolute atomic E-state index is 0.343. The SMILES string of the molecule is C=C(c1ccc(C#CCN)cc1)c1c(CCCC)oc2ccc(C=O)cc12.COC(C)C. The van der Waals surface area contributed by atoms with Crippen molar-refractivity contribution in [2.24, 2.45) is 5.73 Å². The molecule has 3 rings (SSSR count). The number of carbonyl (C=O) groups excluding carboxylic acids is 1. The average molecular weight is 432 g/mol. The highest BCUT2D eigenvalue weighted by molar-refractivity contribution is 5.98. The molecule has 0 saturated carbocycles. The fourth-order valence-corrected chi connectivity index (χ4v) is 3.14. The Morgan fingerprint density at radius 2 is 1.91 bits per heavy atom. The number of aldehydes is 1. The summed E-state index contributed by atoms with van der Waals surface area (Å²) in [7, 11) is 1.70. The number of nitrogens with two attached hydrogens (primary N) is 1. The first-order chi connectivity index (χ1) is 15.4. The molecule has 0 spiro atoms. The fourth-order valence-electron chi connectivity index (χ4n) is 3.14. The number of furan rings is 1. The van der Waals surface area contributed by atoms with Crippen molar-refractivity contribution in [1.82, 2.24) is 0 Å². The van der Waals surface area contributed by atoms with Crippen LogP contribution < -0.4 is 5.73 Å². The van der Waals surface area contributed by atoms with Crippen LogP contribution in [-0.2, 0) is 11.2 Å². The van der Waals surface area contributed by atoms with E-state index < -0.39 is 0 Å². The van der Waals surface area contributed by atoms with Crippen LogP contribution in [0.15, 0.2) is 53.5 Å². The van der Waals surface area contributed by atoms with E-state index in [0.29, 0.717) is 18.2 Å². The van der Waals surface area contributed by atoms with Crippen LogP contribution in [0, 0.1) is 11.8 Å². The largest absolute Gasteiger partial charge is 0.460 e. The van der Waals surface area contributed by atoms with E-state index in [-0.39, 0.29) is 0 Å². The molecule has 0 amide bonds. The summed E-state index contributed by atoms with van der Waals surface area (Å²) in [6, 6.07) is 13.5. The highest BCUT2D eigenvalue weighted by atomic mass is 16.5. The molecule has 32 heavy (non-hydrogen) atoms. The molecule has 0 radical (unpaired) electrons. The quantitative estimate of drug-likeness (QED) is 0.368. The number of methoxy groups -OCH3 is 1. The summed E-state index contributed by atoms with van der Waals surface area (Å²) in [5, 5.41) is 0.933. The Bertz CT molecular complexity index is 1100. The molecule has 4 heteroatoms. The summed E-state index contributed by atoms with van der Waals surface area (Å²) in [5.41, 5.74) is 10.6. The second-order valence-corrected chi connectivity index (χ2v) is 7.72. The maximum absolute atomic E-state index is 11.2. The van der Waals surface area contributed by atoms with Crippen LogP contribution in [0.4, 0.5) is 0 Å². The lowest BCUT2D eigenvalue weighted by Gasteiger charge is -2.08. The van der Waals surface area contributed by atoms with Gasteiger partial charge in [0.1, 0.15) is 17.6 Å². The van der Waals surface area contributed by atoms with E-state index in [9.17, 15) is 4.79 Å². The maximum atomic E-state index is 11.2. The topological polar surface area (TPSA) is 65.5 Å². The Balaban J connectivity index is 0.000000654. The smallest absolute Gasteiger partial charge is 0.150 e. The first kappa shape index (κ1) is 25.1. The summed E-state index contributed by atoms with van der Waals surface area (Å²) in [5.74, 6) is 6.81. The molecule has 0 aliphatic carbocycles. The second kappa shape index (κ2) is 12.7. The monoisotopic (exact) mass is 431 g/mol. The standard InChI is InChI=1S/C24H23NO2.C4H10O/c1-3-4-7-23-24(21-15-19(16-26)10-13-22(21)27-23)17(2)20-11-8-18(9-12-20)6-5-14-25;1-4(2)5-3/h8-13,15-16H,2-4,7,14,25H2,1H3;4H,1-3H3. The van der Waals surface area contributed by atoms with Crippen molar-refractivity contribution in [2.45, 2.75) is 46.1 Å². The molecule has 0 fully saturated rings. The van der Waals surface area contributed by atoms with E-state index in [4.69, 9.17) is 14.9 Å². The van der Waals surface area contributed by atoms with Gasteiger partial charge in [0.05, 0.1) is 12.6 Å². The number of ether oxygens (including phenoxy) is 1. The first-order valence-corrected chi connectivity index (χ1v) is 11.0. The fraction of sp³-hybridized carbons (Fsp3) is 0.321. The van der Waals surface area contributed by atoms with Crippen molar-refractivity contribution in [2.75, 3.05) is 13.7 Å². The van der Waals surface area contributed by atoms with Crippen LogP contribution in [-0.4, -0.2) is 26.0 Å². The predicted molar refractivity (Wildman–Crippen MR) is 133 cm³/mol. The molecule has 1 heterocycles. The summed E-state index contributed by atoms with van der Waals surface area (Å²) in [6.45, 7) is 10.8. The lowest BCUT2D eigenvalue weighted by atomic mass is 9.94. The number of aryl methyl sites for hydroxylation is 1. The van der Waals surface area contributed by atoms with Gasteiger partial charge in [-0.15, -0.1) is 0 Å². The Hall–Kier alpha value is -3.13. The molecule has 4 nitrogen and oxygen atoms in total. The Labute approximate surface area is 191 Å². The predicted octanol–water partition coefficient (Wildman–Crippen LogP) is 6.00. The van der Waals surface area contributed by atoms with Gasteiger partial charge < -0.3 is 14.9 Å². The molecule has 1 aromatic heterocycles. The van der Waals surface area contributed by atoms with Crippen molar-refractivity contribution in [1.29, 1.82) is 0 Å². The van der Waals surface area contributed by atoms with Gasteiger partial charge >= 0.3 is 0 Å². The molecule has 168 valence electrons. The summed E-state index contributed by atoms with van der Waals surface area (Å²) >= 11 is 0.